The normalized spacial score (nSPS) is 10.8. The number of carbonyl (C=O) groups is 1. The number of amides is 1. The van der Waals surface area contributed by atoms with Gasteiger partial charge in [-0.25, -0.2) is 4.68 Å². The quantitative estimate of drug-likeness (QED) is 0.461. The number of thiophene rings is 1. The van der Waals surface area contributed by atoms with Crippen LogP contribution in [0.1, 0.15) is 20.9 Å². The first-order valence-electron chi connectivity index (χ1n) is 9.26. The minimum Gasteiger partial charge on any atom is -0.305 e. The van der Waals surface area contributed by atoms with E-state index in [9.17, 15) is 9.59 Å². The van der Waals surface area contributed by atoms with Gasteiger partial charge in [0, 0.05) is 5.02 Å². The molecule has 1 amide bonds. The molecule has 2 aromatic carbocycles. The van der Waals surface area contributed by atoms with E-state index in [4.69, 9.17) is 11.6 Å². The molecule has 0 aliphatic heterocycles. The summed E-state index contributed by atoms with van der Waals surface area (Å²) in [6, 6.07) is 18.2. The predicted octanol–water partition coefficient (Wildman–Crippen LogP) is 5.48. The number of rotatable bonds is 4. The molecular formula is C23H18ClN3O2S. The van der Waals surface area contributed by atoms with E-state index in [2.05, 4.69) is 10.4 Å². The highest BCUT2D eigenvalue weighted by molar-refractivity contribution is 7.12. The summed E-state index contributed by atoms with van der Waals surface area (Å²) in [6.45, 7) is 3.66. The van der Waals surface area contributed by atoms with Crippen molar-refractivity contribution >= 4 is 34.7 Å². The Kier molecular flexibility index (Phi) is 5.53. The van der Waals surface area contributed by atoms with Crippen molar-refractivity contribution in [3.63, 3.8) is 0 Å². The van der Waals surface area contributed by atoms with Gasteiger partial charge in [0.05, 0.1) is 16.1 Å². The number of nitrogens with zero attached hydrogens (tertiary/aromatic N) is 2. The number of benzene rings is 2. The fraction of sp³-hybridized carbons (Fsp3) is 0.0870. The van der Waals surface area contributed by atoms with Crippen LogP contribution in [0.15, 0.2) is 70.8 Å². The summed E-state index contributed by atoms with van der Waals surface area (Å²) >= 11 is 7.37. The van der Waals surface area contributed by atoms with Crippen LogP contribution >= 0.6 is 22.9 Å². The van der Waals surface area contributed by atoms with E-state index in [1.807, 2.05) is 36.6 Å². The zero-order chi connectivity index (χ0) is 21.3. The Morgan fingerprint density at radius 3 is 2.37 bits per heavy atom. The smallest absolute Gasteiger partial charge is 0.266 e. The van der Waals surface area contributed by atoms with Crippen molar-refractivity contribution in [1.29, 1.82) is 0 Å². The maximum Gasteiger partial charge on any atom is 0.266 e. The minimum absolute atomic E-state index is 0.248. The molecule has 0 aliphatic rings. The maximum absolute atomic E-state index is 13.1. The Bertz CT molecular complexity index is 1260. The number of hydrogen-bond donors (Lipinski definition) is 1. The van der Waals surface area contributed by atoms with Gasteiger partial charge in [-0.3, -0.25) is 9.59 Å². The number of halogens is 1. The molecule has 7 heteroatoms. The molecule has 0 aliphatic carbocycles. The van der Waals surface area contributed by atoms with Crippen molar-refractivity contribution < 1.29 is 4.79 Å². The summed E-state index contributed by atoms with van der Waals surface area (Å²) in [7, 11) is 0. The molecule has 0 unspecified atom stereocenters. The van der Waals surface area contributed by atoms with Crippen molar-refractivity contribution in [1.82, 2.24) is 9.78 Å². The Hall–Kier alpha value is -3.22. The van der Waals surface area contributed by atoms with Crippen LogP contribution in [0.5, 0.6) is 0 Å². The van der Waals surface area contributed by atoms with Gasteiger partial charge in [0.15, 0.2) is 0 Å². The van der Waals surface area contributed by atoms with Gasteiger partial charge in [0.1, 0.15) is 11.5 Å². The SMILES string of the molecule is Cc1ccc(-n2nc(C)c(=O)c(-c3ccc(Cl)cc3)c2NC(=O)c2cccs2)cc1. The van der Waals surface area contributed by atoms with Crippen LogP contribution in [0.2, 0.25) is 5.02 Å². The van der Waals surface area contributed by atoms with E-state index >= 15 is 0 Å². The van der Waals surface area contributed by atoms with E-state index in [-0.39, 0.29) is 11.3 Å². The minimum atomic E-state index is -0.300. The van der Waals surface area contributed by atoms with Crippen LogP contribution in [0.3, 0.4) is 0 Å². The van der Waals surface area contributed by atoms with Gasteiger partial charge in [-0.1, -0.05) is 47.5 Å². The number of aryl methyl sites for hydroxylation is 2. The lowest BCUT2D eigenvalue weighted by molar-refractivity contribution is 0.102. The molecule has 4 aromatic rings. The molecule has 2 heterocycles. The summed E-state index contributed by atoms with van der Waals surface area (Å²) in [5, 5.41) is 9.78. The molecule has 0 atom stereocenters. The Morgan fingerprint density at radius 2 is 1.73 bits per heavy atom. The van der Waals surface area contributed by atoms with Crippen molar-refractivity contribution in [3.05, 3.63) is 97.4 Å². The average molecular weight is 436 g/mol. The zero-order valence-electron chi connectivity index (χ0n) is 16.3. The molecule has 4 rings (SSSR count). The monoisotopic (exact) mass is 435 g/mol. The second kappa shape index (κ2) is 8.26. The second-order valence-electron chi connectivity index (χ2n) is 6.82. The first-order chi connectivity index (χ1) is 14.4. The highest BCUT2D eigenvalue weighted by Crippen LogP contribution is 2.29. The van der Waals surface area contributed by atoms with E-state index in [1.165, 1.54) is 11.3 Å². The predicted molar refractivity (Wildman–Crippen MR) is 122 cm³/mol. The molecular weight excluding hydrogens is 418 g/mol. The number of anilines is 1. The summed E-state index contributed by atoms with van der Waals surface area (Å²) in [5.74, 6) is 0.0151. The Balaban J connectivity index is 1.97. The first kappa shape index (κ1) is 20.1. The van der Waals surface area contributed by atoms with Crippen molar-refractivity contribution in [2.75, 3.05) is 5.32 Å². The molecule has 0 spiro atoms. The van der Waals surface area contributed by atoms with Gasteiger partial charge in [-0.2, -0.15) is 5.10 Å². The summed E-state index contributed by atoms with van der Waals surface area (Å²) in [6.07, 6.45) is 0. The lowest BCUT2D eigenvalue weighted by Gasteiger charge is -2.18. The summed E-state index contributed by atoms with van der Waals surface area (Å²) in [4.78, 5) is 26.5. The molecule has 0 fully saturated rings. The van der Waals surface area contributed by atoms with E-state index < -0.39 is 0 Å². The van der Waals surface area contributed by atoms with Crippen molar-refractivity contribution in [3.8, 4) is 16.8 Å². The van der Waals surface area contributed by atoms with Gasteiger partial charge in [-0.15, -0.1) is 11.3 Å². The Morgan fingerprint density at radius 1 is 1.03 bits per heavy atom. The molecule has 0 saturated heterocycles. The van der Waals surface area contributed by atoms with Crippen LogP contribution in [0.4, 0.5) is 5.82 Å². The maximum atomic E-state index is 13.1. The van der Waals surface area contributed by atoms with Crippen LogP contribution in [0, 0.1) is 13.8 Å². The van der Waals surface area contributed by atoms with Gasteiger partial charge in [-0.05, 0) is 55.1 Å². The summed E-state index contributed by atoms with van der Waals surface area (Å²) in [5.41, 5.74) is 2.93. The number of carbonyl (C=O) groups excluding carboxylic acids is 1. The number of nitrogens with one attached hydrogen (secondary N) is 1. The molecule has 0 saturated carbocycles. The largest absolute Gasteiger partial charge is 0.305 e. The first-order valence-corrected chi connectivity index (χ1v) is 10.5. The molecule has 2 aromatic heterocycles. The highest BCUT2D eigenvalue weighted by atomic mass is 35.5. The number of hydrogen-bond acceptors (Lipinski definition) is 4. The van der Waals surface area contributed by atoms with Crippen LogP contribution in [-0.4, -0.2) is 15.7 Å². The standard InChI is InChI=1S/C23H18ClN3O2S/c1-14-5-11-18(12-6-14)27-22(25-23(29)19-4-3-13-30-19)20(21(28)15(2)26-27)16-7-9-17(24)10-8-16/h3-13H,1-2H3,(H,25,29). The second-order valence-corrected chi connectivity index (χ2v) is 8.21. The molecule has 30 heavy (non-hydrogen) atoms. The van der Waals surface area contributed by atoms with Gasteiger partial charge < -0.3 is 5.32 Å². The van der Waals surface area contributed by atoms with Gasteiger partial charge >= 0.3 is 0 Å². The molecule has 1 N–H and O–H groups in total. The Labute approximate surface area is 182 Å². The van der Waals surface area contributed by atoms with Crippen molar-refractivity contribution in [2.45, 2.75) is 13.8 Å². The molecule has 5 nitrogen and oxygen atoms in total. The van der Waals surface area contributed by atoms with E-state index in [0.29, 0.717) is 32.5 Å². The van der Waals surface area contributed by atoms with Crippen LogP contribution in [0.25, 0.3) is 16.8 Å². The number of aromatic nitrogens is 2. The zero-order valence-corrected chi connectivity index (χ0v) is 17.9. The highest BCUT2D eigenvalue weighted by Gasteiger charge is 2.21. The van der Waals surface area contributed by atoms with Crippen LogP contribution in [-0.2, 0) is 0 Å². The fourth-order valence-electron chi connectivity index (χ4n) is 3.09. The topological polar surface area (TPSA) is 64.0 Å². The third-order valence-electron chi connectivity index (χ3n) is 4.64. The molecule has 0 radical (unpaired) electrons. The van der Waals surface area contributed by atoms with Gasteiger partial charge in [0.2, 0.25) is 5.43 Å². The van der Waals surface area contributed by atoms with Crippen molar-refractivity contribution in [2.24, 2.45) is 0 Å². The van der Waals surface area contributed by atoms with E-state index in [1.54, 1.807) is 48.0 Å². The van der Waals surface area contributed by atoms with Crippen LogP contribution < -0.4 is 10.7 Å². The third-order valence-corrected chi connectivity index (χ3v) is 5.76. The lowest BCUT2D eigenvalue weighted by atomic mass is 10.1. The van der Waals surface area contributed by atoms with Gasteiger partial charge in [0.25, 0.3) is 5.91 Å². The molecule has 150 valence electrons. The van der Waals surface area contributed by atoms with E-state index in [0.717, 1.165) is 11.3 Å². The third kappa shape index (κ3) is 3.92. The molecule has 0 bridgehead atoms. The lowest BCUT2D eigenvalue weighted by Crippen LogP contribution is -2.24. The summed E-state index contributed by atoms with van der Waals surface area (Å²) < 4.78 is 1.60. The average Bonchev–Trinajstić information content (AvgIpc) is 3.28. The fourth-order valence-corrected chi connectivity index (χ4v) is 3.83.